The molecule has 1 fully saturated rings. The van der Waals surface area contributed by atoms with Crippen molar-refractivity contribution in [2.24, 2.45) is 0 Å². The number of hydrogen-bond acceptors (Lipinski definition) is 2. The molecule has 1 aromatic heterocycles. The van der Waals surface area contributed by atoms with Crippen LogP contribution in [0.15, 0.2) is 12.1 Å². The molecule has 0 radical (unpaired) electrons. The van der Waals surface area contributed by atoms with E-state index < -0.39 is 0 Å². The summed E-state index contributed by atoms with van der Waals surface area (Å²) in [6.07, 6.45) is 3.84. The first-order valence-corrected chi connectivity index (χ1v) is 6.72. The van der Waals surface area contributed by atoms with Gasteiger partial charge >= 0.3 is 0 Å². The third kappa shape index (κ3) is 2.75. The number of rotatable bonds is 1. The van der Waals surface area contributed by atoms with E-state index in [2.05, 4.69) is 45.5 Å². The van der Waals surface area contributed by atoms with Gasteiger partial charge in [-0.15, -0.1) is 0 Å². The second-order valence-corrected chi connectivity index (χ2v) is 5.64. The van der Waals surface area contributed by atoms with Gasteiger partial charge in [-0.25, -0.2) is 4.98 Å². The van der Waals surface area contributed by atoms with Crippen LogP contribution in [0.25, 0.3) is 0 Å². The van der Waals surface area contributed by atoms with Gasteiger partial charge in [0.15, 0.2) is 0 Å². The smallest absolute Gasteiger partial charge is 0.132 e. The number of hydrogen-bond donors (Lipinski definition) is 0. The zero-order valence-electron chi connectivity index (χ0n) is 8.71. The Hall–Kier alpha value is -0.0300. The standard InChI is InChI=1S/C11H14ClIN2/c1-8-4-2-3-5-15(8)11-7-9(13)6-10(12)14-11/h6-8H,2-5H2,1H3. The molecule has 0 aliphatic carbocycles. The van der Waals surface area contributed by atoms with Gasteiger partial charge in [0.2, 0.25) is 0 Å². The van der Waals surface area contributed by atoms with E-state index in [4.69, 9.17) is 11.6 Å². The molecule has 1 unspecified atom stereocenters. The maximum absolute atomic E-state index is 5.97. The molecule has 1 aliphatic rings. The molecule has 0 bridgehead atoms. The summed E-state index contributed by atoms with van der Waals surface area (Å²) in [6, 6.07) is 4.58. The van der Waals surface area contributed by atoms with E-state index in [0.29, 0.717) is 11.2 Å². The van der Waals surface area contributed by atoms with Crippen molar-refractivity contribution in [2.75, 3.05) is 11.4 Å². The molecule has 4 heteroatoms. The van der Waals surface area contributed by atoms with E-state index in [1.807, 2.05) is 6.07 Å². The largest absolute Gasteiger partial charge is 0.354 e. The fourth-order valence-electron chi connectivity index (χ4n) is 2.04. The molecule has 1 aromatic rings. The molecule has 0 amide bonds. The second kappa shape index (κ2) is 4.87. The Bertz CT molecular complexity index is 336. The number of nitrogens with zero attached hydrogens (tertiary/aromatic N) is 2. The molecular weight excluding hydrogens is 322 g/mol. The van der Waals surface area contributed by atoms with E-state index in [1.54, 1.807) is 0 Å². The predicted octanol–water partition coefficient (Wildman–Crippen LogP) is 3.72. The molecule has 0 saturated carbocycles. The van der Waals surface area contributed by atoms with E-state index in [-0.39, 0.29) is 0 Å². The van der Waals surface area contributed by atoms with Crippen LogP contribution in [0, 0.1) is 3.57 Å². The topological polar surface area (TPSA) is 16.1 Å². The molecule has 1 saturated heterocycles. The van der Waals surface area contributed by atoms with E-state index >= 15 is 0 Å². The summed E-state index contributed by atoms with van der Waals surface area (Å²) >= 11 is 8.26. The lowest BCUT2D eigenvalue weighted by molar-refractivity contribution is 0.481. The molecule has 15 heavy (non-hydrogen) atoms. The Kier molecular flexibility index (Phi) is 3.72. The first-order chi connectivity index (χ1) is 7.16. The summed E-state index contributed by atoms with van der Waals surface area (Å²) < 4.78 is 1.15. The van der Waals surface area contributed by atoms with Crippen LogP contribution in [0.3, 0.4) is 0 Å². The zero-order chi connectivity index (χ0) is 10.8. The average molecular weight is 337 g/mol. The highest BCUT2D eigenvalue weighted by Crippen LogP contribution is 2.25. The summed E-state index contributed by atoms with van der Waals surface area (Å²) in [5.41, 5.74) is 0. The number of anilines is 1. The minimum absolute atomic E-state index is 0.584. The Balaban J connectivity index is 2.27. The summed E-state index contributed by atoms with van der Waals surface area (Å²) in [5, 5.41) is 0.592. The van der Waals surface area contributed by atoms with E-state index in [0.717, 1.165) is 15.9 Å². The van der Waals surface area contributed by atoms with E-state index in [1.165, 1.54) is 19.3 Å². The third-order valence-corrected chi connectivity index (χ3v) is 3.66. The van der Waals surface area contributed by atoms with Crippen molar-refractivity contribution >= 4 is 40.0 Å². The number of halogens is 2. The Morgan fingerprint density at radius 2 is 2.27 bits per heavy atom. The van der Waals surface area contributed by atoms with Gasteiger partial charge in [-0.05, 0) is 60.9 Å². The Morgan fingerprint density at radius 3 is 2.93 bits per heavy atom. The number of aromatic nitrogens is 1. The minimum atomic E-state index is 0.584. The summed E-state index contributed by atoms with van der Waals surface area (Å²) in [4.78, 5) is 6.75. The van der Waals surface area contributed by atoms with Crippen LogP contribution < -0.4 is 4.90 Å². The molecule has 82 valence electrons. The predicted molar refractivity (Wildman–Crippen MR) is 72.6 cm³/mol. The van der Waals surface area contributed by atoms with Crippen molar-refractivity contribution < 1.29 is 0 Å². The number of pyridine rings is 1. The van der Waals surface area contributed by atoms with Crippen LogP contribution in [0.4, 0.5) is 5.82 Å². The lowest BCUT2D eigenvalue weighted by atomic mass is 10.0. The highest BCUT2D eigenvalue weighted by molar-refractivity contribution is 14.1. The fraction of sp³-hybridized carbons (Fsp3) is 0.545. The van der Waals surface area contributed by atoms with Crippen molar-refractivity contribution in [1.29, 1.82) is 0 Å². The maximum atomic E-state index is 5.97. The molecule has 0 aromatic carbocycles. The molecule has 1 aliphatic heterocycles. The highest BCUT2D eigenvalue weighted by atomic mass is 127. The zero-order valence-corrected chi connectivity index (χ0v) is 11.6. The third-order valence-electron chi connectivity index (χ3n) is 2.84. The first-order valence-electron chi connectivity index (χ1n) is 5.26. The van der Waals surface area contributed by atoms with Crippen LogP contribution in [0.1, 0.15) is 26.2 Å². The highest BCUT2D eigenvalue weighted by Gasteiger charge is 2.19. The molecule has 2 rings (SSSR count). The molecule has 1 atom stereocenters. The van der Waals surface area contributed by atoms with Gasteiger partial charge in [0.05, 0.1) is 0 Å². The molecule has 0 N–H and O–H groups in total. The monoisotopic (exact) mass is 336 g/mol. The van der Waals surface area contributed by atoms with E-state index in [9.17, 15) is 0 Å². The molecule has 2 heterocycles. The summed E-state index contributed by atoms with van der Waals surface area (Å²) in [5.74, 6) is 1.03. The van der Waals surface area contributed by atoms with Crippen molar-refractivity contribution in [3.63, 3.8) is 0 Å². The van der Waals surface area contributed by atoms with Gasteiger partial charge in [-0.3, -0.25) is 0 Å². The van der Waals surface area contributed by atoms with Crippen molar-refractivity contribution in [2.45, 2.75) is 32.2 Å². The SMILES string of the molecule is CC1CCCCN1c1cc(I)cc(Cl)n1. The van der Waals surface area contributed by atoms with Crippen LogP contribution in [-0.2, 0) is 0 Å². The first kappa shape index (κ1) is 11.5. The van der Waals surface area contributed by atoms with Crippen LogP contribution in [0.2, 0.25) is 5.15 Å². The van der Waals surface area contributed by atoms with Crippen LogP contribution in [0.5, 0.6) is 0 Å². The van der Waals surface area contributed by atoms with Crippen molar-refractivity contribution in [1.82, 2.24) is 4.98 Å². The quantitative estimate of drug-likeness (QED) is 0.574. The summed E-state index contributed by atoms with van der Waals surface area (Å²) in [7, 11) is 0. The Labute approximate surface area is 109 Å². The molecule has 2 nitrogen and oxygen atoms in total. The minimum Gasteiger partial charge on any atom is -0.354 e. The van der Waals surface area contributed by atoms with Crippen molar-refractivity contribution in [3.05, 3.63) is 20.9 Å². The summed E-state index contributed by atoms with van der Waals surface area (Å²) in [6.45, 7) is 3.36. The van der Waals surface area contributed by atoms with Crippen LogP contribution >= 0.6 is 34.2 Å². The van der Waals surface area contributed by atoms with Crippen molar-refractivity contribution in [3.8, 4) is 0 Å². The van der Waals surface area contributed by atoms with Gasteiger partial charge in [0, 0.05) is 16.2 Å². The lowest BCUT2D eigenvalue weighted by Gasteiger charge is -2.34. The van der Waals surface area contributed by atoms with Gasteiger partial charge in [0.1, 0.15) is 11.0 Å². The molecular formula is C11H14ClIN2. The molecule has 0 spiro atoms. The fourth-order valence-corrected chi connectivity index (χ4v) is 3.00. The van der Waals surface area contributed by atoms with Crippen LogP contribution in [-0.4, -0.2) is 17.6 Å². The maximum Gasteiger partial charge on any atom is 0.132 e. The second-order valence-electron chi connectivity index (χ2n) is 4.00. The van der Waals surface area contributed by atoms with Gasteiger partial charge in [0.25, 0.3) is 0 Å². The normalized spacial score (nSPS) is 21.8. The van der Waals surface area contributed by atoms with Gasteiger partial charge < -0.3 is 4.90 Å². The van der Waals surface area contributed by atoms with Gasteiger partial charge in [-0.2, -0.15) is 0 Å². The average Bonchev–Trinajstić information content (AvgIpc) is 2.16. The number of piperidine rings is 1. The Morgan fingerprint density at radius 1 is 1.47 bits per heavy atom. The van der Waals surface area contributed by atoms with Gasteiger partial charge in [-0.1, -0.05) is 11.6 Å². The lowest BCUT2D eigenvalue weighted by Crippen LogP contribution is -2.38.